The van der Waals surface area contributed by atoms with Crippen molar-refractivity contribution in [3.63, 3.8) is 0 Å². The predicted molar refractivity (Wildman–Crippen MR) is 77.0 cm³/mol. The van der Waals surface area contributed by atoms with Crippen molar-refractivity contribution >= 4 is 23.2 Å². The van der Waals surface area contributed by atoms with Crippen molar-refractivity contribution < 1.29 is 0 Å². The van der Waals surface area contributed by atoms with E-state index in [1.165, 1.54) is 12.0 Å². The smallest absolute Gasteiger partial charge is 0.0595 e. The second kappa shape index (κ2) is 7.25. The van der Waals surface area contributed by atoms with Gasteiger partial charge in [-0.1, -0.05) is 56.5 Å². The first kappa shape index (κ1) is 14.8. The predicted octanol–water partition coefficient (Wildman–Crippen LogP) is 5.08. The van der Waals surface area contributed by atoms with Crippen molar-refractivity contribution in [3.8, 4) is 0 Å². The van der Waals surface area contributed by atoms with E-state index in [-0.39, 0.29) is 0 Å². The van der Waals surface area contributed by atoms with Crippen molar-refractivity contribution in [2.24, 2.45) is 5.92 Å². The molecule has 0 amide bonds. The minimum atomic E-state index is 0.360. The highest BCUT2D eigenvalue weighted by Crippen LogP contribution is 2.26. The molecule has 0 saturated carbocycles. The molecule has 1 aromatic carbocycles. The Morgan fingerprint density at radius 2 is 1.82 bits per heavy atom. The Kier molecular flexibility index (Phi) is 6.32. The van der Waals surface area contributed by atoms with Gasteiger partial charge in [0.05, 0.1) is 10.0 Å². The van der Waals surface area contributed by atoms with E-state index in [1.807, 2.05) is 18.2 Å². The van der Waals surface area contributed by atoms with Gasteiger partial charge in [-0.2, -0.15) is 0 Å². The molecule has 1 nitrogen and oxygen atoms in total. The number of hydrogen-bond donors (Lipinski definition) is 1. The van der Waals surface area contributed by atoms with Crippen LogP contribution in [-0.4, -0.2) is 6.54 Å². The van der Waals surface area contributed by atoms with Crippen LogP contribution in [0.3, 0.4) is 0 Å². The molecule has 1 aromatic rings. The van der Waals surface area contributed by atoms with E-state index in [9.17, 15) is 0 Å². The summed E-state index contributed by atoms with van der Waals surface area (Å²) >= 11 is 12.0. The first-order valence-electron chi connectivity index (χ1n) is 6.26. The summed E-state index contributed by atoms with van der Waals surface area (Å²) in [4.78, 5) is 0. The van der Waals surface area contributed by atoms with Crippen LogP contribution in [0.5, 0.6) is 0 Å². The van der Waals surface area contributed by atoms with Gasteiger partial charge in [-0.3, -0.25) is 0 Å². The van der Waals surface area contributed by atoms with Crippen LogP contribution in [0.25, 0.3) is 0 Å². The molecule has 96 valence electrons. The summed E-state index contributed by atoms with van der Waals surface area (Å²) in [5.41, 5.74) is 1.21. The van der Waals surface area contributed by atoms with Crippen LogP contribution in [0.2, 0.25) is 10.0 Å². The largest absolute Gasteiger partial charge is 0.310 e. The van der Waals surface area contributed by atoms with Crippen LogP contribution >= 0.6 is 23.2 Å². The Labute approximate surface area is 115 Å². The van der Waals surface area contributed by atoms with Crippen LogP contribution in [0, 0.1) is 5.92 Å². The molecule has 0 bridgehead atoms. The molecule has 0 aliphatic heterocycles. The highest BCUT2D eigenvalue weighted by molar-refractivity contribution is 6.42. The van der Waals surface area contributed by atoms with Gasteiger partial charge in [-0.25, -0.2) is 0 Å². The van der Waals surface area contributed by atoms with Crippen LogP contribution in [-0.2, 0) is 0 Å². The van der Waals surface area contributed by atoms with Gasteiger partial charge in [0.1, 0.15) is 0 Å². The SMILES string of the molecule is CCC(C)CNC(CC)c1ccc(Cl)c(Cl)c1. The van der Waals surface area contributed by atoms with Crippen molar-refractivity contribution in [2.45, 2.75) is 39.7 Å². The molecule has 0 fully saturated rings. The summed E-state index contributed by atoms with van der Waals surface area (Å²) in [5, 5.41) is 4.83. The maximum absolute atomic E-state index is 6.05. The van der Waals surface area contributed by atoms with E-state index in [4.69, 9.17) is 23.2 Å². The normalized spacial score (nSPS) is 14.6. The van der Waals surface area contributed by atoms with Crippen molar-refractivity contribution in [2.75, 3.05) is 6.54 Å². The average molecular weight is 274 g/mol. The second-order valence-electron chi connectivity index (χ2n) is 4.56. The third-order valence-electron chi connectivity index (χ3n) is 3.16. The molecule has 0 spiro atoms. The van der Waals surface area contributed by atoms with Crippen LogP contribution in [0.4, 0.5) is 0 Å². The van der Waals surface area contributed by atoms with E-state index < -0.39 is 0 Å². The van der Waals surface area contributed by atoms with E-state index in [1.54, 1.807) is 0 Å². The third-order valence-corrected chi connectivity index (χ3v) is 3.90. The Balaban J connectivity index is 2.69. The summed E-state index contributed by atoms with van der Waals surface area (Å²) < 4.78 is 0. The highest BCUT2D eigenvalue weighted by atomic mass is 35.5. The van der Waals surface area contributed by atoms with Gasteiger partial charge >= 0.3 is 0 Å². The minimum absolute atomic E-state index is 0.360. The van der Waals surface area contributed by atoms with Crippen LogP contribution in [0.15, 0.2) is 18.2 Å². The van der Waals surface area contributed by atoms with Crippen molar-refractivity contribution in [1.82, 2.24) is 5.32 Å². The molecule has 0 aliphatic carbocycles. The van der Waals surface area contributed by atoms with E-state index >= 15 is 0 Å². The second-order valence-corrected chi connectivity index (χ2v) is 5.37. The van der Waals surface area contributed by atoms with E-state index in [0.717, 1.165) is 13.0 Å². The molecule has 2 unspecified atom stereocenters. The molecule has 0 saturated heterocycles. The van der Waals surface area contributed by atoms with E-state index in [2.05, 4.69) is 26.1 Å². The van der Waals surface area contributed by atoms with Gasteiger partial charge in [0, 0.05) is 6.04 Å². The maximum Gasteiger partial charge on any atom is 0.0595 e. The molecular formula is C14H21Cl2N. The first-order valence-corrected chi connectivity index (χ1v) is 7.02. The van der Waals surface area contributed by atoms with Crippen molar-refractivity contribution in [3.05, 3.63) is 33.8 Å². The third kappa shape index (κ3) is 4.50. The fraction of sp³-hybridized carbons (Fsp3) is 0.571. The number of rotatable bonds is 6. The van der Waals surface area contributed by atoms with Gasteiger partial charge < -0.3 is 5.32 Å². The molecule has 1 rings (SSSR count). The Morgan fingerprint density at radius 3 is 2.35 bits per heavy atom. The molecule has 0 aliphatic rings. The van der Waals surface area contributed by atoms with Crippen molar-refractivity contribution in [1.29, 1.82) is 0 Å². The lowest BCUT2D eigenvalue weighted by molar-refractivity contribution is 0.438. The van der Waals surface area contributed by atoms with Gasteiger partial charge in [-0.05, 0) is 36.6 Å². The summed E-state index contributed by atoms with van der Waals surface area (Å²) in [6.07, 6.45) is 2.25. The minimum Gasteiger partial charge on any atom is -0.310 e. The topological polar surface area (TPSA) is 12.0 Å². The van der Waals surface area contributed by atoms with Gasteiger partial charge in [-0.15, -0.1) is 0 Å². The summed E-state index contributed by atoms with van der Waals surface area (Å²) in [6, 6.07) is 6.24. The zero-order valence-corrected chi connectivity index (χ0v) is 12.3. The molecule has 3 heteroatoms. The summed E-state index contributed by atoms with van der Waals surface area (Å²) in [6.45, 7) is 7.69. The lowest BCUT2D eigenvalue weighted by Crippen LogP contribution is -2.25. The van der Waals surface area contributed by atoms with Gasteiger partial charge in [0.2, 0.25) is 0 Å². The zero-order valence-electron chi connectivity index (χ0n) is 10.8. The highest BCUT2D eigenvalue weighted by Gasteiger charge is 2.11. The fourth-order valence-electron chi connectivity index (χ4n) is 1.71. The molecular weight excluding hydrogens is 253 g/mol. The Hall–Kier alpha value is -0.240. The van der Waals surface area contributed by atoms with Gasteiger partial charge in [0.25, 0.3) is 0 Å². The lowest BCUT2D eigenvalue weighted by Gasteiger charge is -2.20. The molecule has 1 N–H and O–H groups in total. The zero-order chi connectivity index (χ0) is 12.8. The number of benzene rings is 1. The number of halogens is 2. The first-order chi connectivity index (χ1) is 8.08. The Morgan fingerprint density at radius 1 is 1.12 bits per heavy atom. The summed E-state index contributed by atoms with van der Waals surface area (Å²) in [7, 11) is 0. The Bertz CT molecular complexity index is 352. The van der Waals surface area contributed by atoms with Gasteiger partial charge in [0.15, 0.2) is 0 Å². The fourth-order valence-corrected chi connectivity index (χ4v) is 2.02. The van der Waals surface area contributed by atoms with Crippen LogP contribution in [0.1, 0.15) is 45.2 Å². The lowest BCUT2D eigenvalue weighted by atomic mass is 10.0. The molecule has 0 aromatic heterocycles. The quantitative estimate of drug-likeness (QED) is 0.762. The number of hydrogen-bond acceptors (Lipinski definition) is 1. The van der Waals surface area contributed by atoms with E-state index in [0.29, 0.717) is 22.0 Å². The summed E-state index contributed by atoms with van der Waals surface area (Å²) in [5.74, 6) is 0.701. The standard InChI is InChI=1S/C14H21Cl2N/c1-4-10(3)9-17-14(5-2)11-6-7-12(15)13(16)8-11/h6-8,10,14,17H,4-5,9H2,1-3H3. The number of nitrogens with one attached hydrogen (secondary N) is 1. The van der Waals surface area contributed by atoms with Crippen LogP contribution < -0.4 is 5.32 Å². The molecule has 17 heavy (non-hydrogen) atoms. The molecule has 2 atom stereocenters. The molecule has 0 heterocycles. The monoisotopic (exact) mass is 273 g/mol. The average Bonchev–Trinajstić information content (AvgIpc) is 2.33. The maximum atomic E-state index is 6.05. The molecule has 0 radical (unpaired) electrons.